The van der Waals surface area contributed by atoms with E-state index in [9.17, 15) is 18.0 Å². The van der Waals surface area contributed by atoms with Gasteiger partial charge in [-0.05, 0) is 47.9 Å². The summed E-state index contributed by atoms with van der Waals surface area (Å²) in [6.07, 6.45) is 1.04. The third kappa shape index (κ3) is 7.84. The van der Waals surface area contributed by atoms with Crippen LogP contribution < -0.4 is 19.7 Å². The molecule has 0 spiro atoms. The number of carbonyl (C=O) groups excluding carboxylic acids is 2. The summed E-state index contributed by atoms with van der Waals surface area (Å²) in [4.78, 5) is 25.4. The molecule has 2 N–H and O–H groups in total. The molecule has 0 aromatic heterocycles. The van der Waals surface area contributed by atoms with Crippen molar-refractivity contribution in [3.63, 3.8) is 0 Å². The Labute approximate surface area is 212 Å². The van der Waals surface area contributed by atoms with E-state index >= 15 is 0 Å². The van der Waals surface area contributed by atoms with Gasteiger partial charge in [-0.25, -0.2) is 8.42 Å². The predicted octanol–water partition coefficient (Wildman–Crippen LogP) is 4.06. The molecule has 0 unspecified atom stereocenters. The van der Waals surface area contributed by atoms with Gasteiger partial charge in [0.2, 0.25) is 15.9 Å². The SMILES string of the molecule is CC(C)CNC(=O)c1ccccc1NC(=O)CN(c1ccc(OCc2ccccc2)cc1)S(C)(=O)=O. The summed E-state index contributed by atoms with van der Waals surface area (Å²) in [5.74, 6) is -0.0457. The molecule has 3 aromatic rings. The number of hydrogen-bond acceptors (Lipinski definition) is 5. The maximum absolute atomic E-state index is 12.8. The second-order valence-corrected chi connectivity index (χ2v) is 10.6. The fourth-order valence-electron chi connectivity index (χ4n) is 3.35. The first-order chi connectivity index (χ1) is 17.1. The third-order valence-electron chi connectivity index (χ3n) is 5.18. The Morgan fingerprint density at radius 2 is 1.56 bits per heavy atom. The molecule has 0 atom stereocenters. The van der Waals surface area contributed by atoms with Gasteiger partial charge in [-0.2, -0.15) is 0 Å². The fraction of sp³-hybridized carbons (Fsp3) is 0.259. The average Bonchev–Trinajstić information content (AvgIpc) is 2.85. The number of anilines is 2. The van der Waals surface area contributed by atoms with Crippen LogP contribution in [0, 0.1) is 5.92 Å². The lowest BCUT2D eigenvalue weighted by atomic mass is 10.1. The molecular weight excluding hydrogens is 478 g/mol. The second-order valence-electron chi connectivity index (χ2n) is 8.74. The molecule has 0 heterocycles. The van der Waals surface area contributed by atoms with Crippen molar-refractivity contribution in [2.75, 3.05) is 29.0 Å². The number of ether oxygens (including phenoxy) is 1. The molecule has 0 aliphatic heterocycles. The molecule has 8 nitrogen and oxygen atoms in total. The number of nitrogens with zero attached hydrogens (tertiary/aromatic N) is 1. The Kier molecular flexibility index (Phi) is 9.08. The number of hydrogen-bond donors (Lipinski definition) is 2. The molecule has 0 aliphatic carbocycles. The van der Waals surface area contributed by atoms with Crippen LogP contribution in [0.1, 0.15) is 29.8 Å². The van der Waals surface area contributed by atoms with Crippen LogP contribution >= 0.6 is 0 Å². The summed E-state index contributed by atoms with van der Waals surface area (Å²) in [6, 6.07) is 22.8. The van der Waals surface area contributed by atoms with Crippen LogP contribution in [0.15, 0.2) is 78.9 Å². The van der Waals surface area contributed by atoms with E-state index in [0.29, 0.717) is 35.8 Å². The van der Waals surface area contributed by atoms with Crippen molar-refractivity contribution < 1.29 is 22.7 Å². The molecular formula is C27H31N3O5S. The molecule has 0 aliphatic rings. The number of benzene rings is 3. The van der Waals surface area contributed by atoms with Crippen molar-refractivity contribution in [1.82, 2.24) is 5.32 Å². The quantitative estimate of drug-likeness (QED) is 0.406. The highest BCUT2D eigenvalue weighted by Gasteiger charge is 2.22. The largest absolute Gasteiger partial charge is 0.489 e. The fourth-order valence-corrected chi connectivity index (χ4v) is 4.21. The van der Waals surface area contributed by atoms with Crippen LogP contribution in [0.2, 0.25) is 0 Å². The number of nitrogens with one attached hydrogen (secondary N) is 2. The zero-order chi connectivity index (χ0) is 26.1. The molecule has 3 rings (SSSR count). The van der Waals surface area contributed by atoms with E-state index in [1.54, 1.807) is 48.5 Å². The third-order valence-corrected chi connectivity index (χ3v) is 6.32. The van der Waals surface area contributed by atoms with Crippen molar-refractivity contribution in [1.29, 1.82) is 0 Å². The minimum atomic E-state index is -3.77. The normalized spacial score (nSPS) is 11.1. The van der Waals surface area contributed by atoms with Crippen LogP contribution in [0.3, 0.4) is 0 Å². The van der Waals surface area contributed by atoms with E-state index in [0.717, 1.165) is 16.1 Å². The maximum atomic E-state index is 12.8. The van der Waals surface area contributed by atoms with Gasteiger partial charge in [-0.3, -0.25) is 13.9 Å². The molecule has 2 amide bonds. The molecule has 0 radical (unpaired) electrons. The molecule has 0 bridgehead atoms. The van der Waals surface area contributed by atoms with E-state index in [-0.39, 0.29) is 11.8 Å². The number of rotatable bonds is 11. The van der Waals surface area contributed by atoms with Gasteiger partial charge < -0.3 is 15.4 Å². The maximum Gasteiger partial charge on any atom is 0.253 e. The highest BCUT2D eigenvalue weighted by atomic mass is 32.2. The van der Waals surface area contributed by atoms with Gasteiger partial charge in [0, 0.05) is 6.54 Å². The number of amides is 2. The van der Waals surface area contributed by atoms with Gasteiger partial charge in [0.1, 0.15) is 18.9 Å². The Morgan fingerprint density at radius 1 is 0.917 bits per heavy atom. The van der Waals surface area contributed by atoms with E-state index in [2.05, 4.69) is 10.6 Å². The molecule has 3 aromatic carbocycles. The van der Waals surface area contributed by atoms with E-state index in [4.69, 9.17) is 4.74 Å². The highest BCUT2D eigenvalue weighted by molar-refractivity contribution is 7.92. The first-order valence-corrected chi connectivity index (χ1v) is 13.4. The summed E-state index contributed by atoms with van der Waals surface area (Å²) >= 11 is 0. The molecule has 36 heavy (non-hydrogen) atoms. The van der Waals surface area contributed by atoms with Crippen LogP contribution in [0.5, 0.6) is 5.75 Å². The standard InChI is InChI=1S/C27H31N3O5S/c1-20(2)17-28-27(32)24-11-7-8-12-25(24)29-26(31)18-30(36(3,33)34)22-13-15-23(16-14-22)35-19-21-9-5-4-6-10-21/h4-16,20H,17-19H2,1-3H3,(H,28,32)(H,29,31). The lowest BCUT2D eigenvalue weighted by Gasteiger charge is -2.22. The van der Waals surface area contributed by atoms with Gasteiger partial charge in [0.05, 0.1) is 23.2 Å². The molecule has 9 heteroatoms. The van der Waals surface area contributed by atoms with Gasteiger partial charge in [0.15, 0.2) is 0 Å². The summed E-state index contributed by atoms with van der Waals surface area (Å²) in [6.45, 7) is 4.38. The topological polar surface area (TPSA) is 105 Å². The summed E-state index contributed by atoms with van der Waals surface area (Å²) in [7, 11) is -3.77. The summed E-state index contributed by atoms with van der Waals surface area (Å²) in [5, 5.41) is 5.49. The monoisotopic (exact) mass is 509 g/mol. The van der Waals surface area contributed by atoms with Gasteiger partial charge in [0.25, 0.3) is 5.91 Å². The van der Waals surface area contributed by atoms with E-state index in [1.165, 1.54) is 0 Å². The smallest absolute Gasteiger partial charge is 0.253 e. The van der Waals surface area contributed by atoms with Gasteiger partial charge in [-0.15, -0.1) is 0 Å². The van der Waals surface area contributed by atoms with Crippen molar-refractivity contribution in [3.8, 4) is 5.75 Å². The number of para-hydroxylation sites is 1. The number of sulfonamides is 1. The van der Waals surface area contributed by atoms with Gasteiger partial charge in [-0.1, -0.05) is 56.3 Å². The van der Waals surface area contributed by atoms with Crippen LogP contribution in [0.25, 0.3) is 0 Å². The first kappa shape index (κ1) is 26.7. The molecule has 0 fully saturated rings. The van der Waals surface area contributed by atoms with Gasteiger partial charge >= 0.3 is 0 Å². The van der Waals surface area contributed by atoms with Crippen LogP contribution in [-0.2, 0) is 21.4 Å². The van der Waals surface area contributed by atoms with Crippen molar-refractivity contribution in [3.05, 3.63) is 90.0 Å². The average molecular weight is 510 g/mol. The Hall–Kier alpha value is -3.85. The predicted molar refractivity (Wildman–Crippen MR) is 142 cm³/mol. The highest BCUT2D eigenvalue weighted by Crippen LogP contribution is 2.23. The van der Waals surface area contributed by atoms with Crippen LogP contribution in [0.4, 0.5) is 11.4 Å². The number of carbonyl (C=O) groups is 2. The summed E-state index contributed by atoms with van der Waals surface area (Å²) in [5.41, 5.74) is 1.94. The Balaban J connectivity index is 1.69. The summed E-state index contributed by atoms with van der Waals surface area (Å²) < 4.78 is 31.7. The van der Waals surface area contributed by atoms with E-state index in [1.807, 2.05) is 44.2 Å². The zero-order valence-corrected chi connectivity index (χ0v) is 21.4. The lowest BCUT2D eigenvalue weighted by Crippen LogP contribution is -2.37. The van der Waals surface area contributed by atoms with Crippen molar-refractivity contribution in [2.45, 2.75) is 20.5 Å². The van der Waals surface area contributed by atoms with Crippen LogP contribution in [-0.4, -0.2) is 39.6 Å². The van der Waals surface area contributed by atoms with Crippen molar-refractivity contribution >= 4 is 33.2 Å². The molecule has 0 saturated carbocycles. The second kappa shape index (κ2) is 12.2. The first-order valence-electron chi connectivity index (χ1n) is 11.5. The van der Waals surface area contributed by atoms with E-state index < -0.39 is 22.5 Å². The van der Waals surface area contributed by atoms with Crippen molar-refractivity contribution in [2.24, 2.45) is 5.92 Å². The minimum Gasteiger partial charge on any atom is -0.489 e. The molecule has 190 valence electrons. The zero-order valence-electron chi connectivity index (χ0n) is 20.6. The Bertz CT molecular complexity index is 1280. The Morgan fingerprint density at radius 3 is 2.19 bits per heavy atom. The minimum absolute atomic E-state index is 0.272. The lowest BCUT2D eigenvalue weighted by molar-refractivity contribution is -0.114. The molecule has 0 saturated heterocycles.